The van der Waals surface area contributed by atoms with Crippen molar-refractivity contribution < 1.29 is 29.3 Å². The van der Waals surface area contributed by atoms with Crippen molar-refractivity contribution in [3.8, 4) is 0 Å². The molecular formula is C36H62O6. The van der Waals surface area contributed by atoms with Gasteiger partial charge in [0, 0.05) is 12.8 Å². The summed E-state index contributed by atoms with van der Waals surface area (Å²) in [6, 6.07) is 0. The summed E-state index contributed by atoms with van der Waals surface area (Å²) < 4.78 is 10.2. The Balaban J connectivity index is 3.72. The molecule has 42 heavy (non-hydrogen) atoms. The second-order valence-electron chi connectivity index (χ2n) is 11.4. The van der Waals surface area contributed by atoms with Gasteiger partial charge in [0.25, 0.3) is 0 Å². The summed E-state index contributed by atoms with van der Waals surface area (Å²) in [5.74, 6) is 0.0451. The van der Waals surface area contributed by atoms with Gasteiger partial charge in [-0.25, -0.2) is 0 Å². The number of ether oxygens (including phenoxy) is 2. The molecule has 0 amide bonds. The van der Waals surface area contributed by atoms with Crippen molar-refractivity contribution in [2.24, 2.45) is 5.92 Å². The predicted molar refractivity (Wildman–Crippen MR) is 174 cm³/mol. The Morgan fingerprint density at radius 2 is 1.26 bits per heavy atom. The second-order valence-corrected chi connectivity index (χ2v) is 11.4. The van der Waals surface area contributed by atoms with Crippen LogP contribution in [0.5, 0.6) is 0 Å². The zero-order valence-corrected chi connectivity index (χ0v) is 27.0. The highest BCUT2D eigenvalue weighted by Crippen LogP contribution is 2.14. The van der Waals surface area contributed by atoms with Crippen LogP contribution in [-0.4, -0.2) is 47.6 Å². The summed E-state index contributed by atoms with van der Waals surface area (Å²) in [7, 11) is 0. The molecule has 1 unspecified atom stereocenters. The van der Waals surface area contributed by atoms with E-state index in [2.05, 4.69) is 45.1 Å². The van der Waals surface area contributed by atoms with Crippen LogP contribution in [0.15, 0.2) is 48.6 Å². The summed E-state index contributed by atoms with van der Waals surface area (Å²) in [6.07, 6.45) is 32.0. The SMILES string of the molecule is CCCCC/C=C\C/C=C\C/C=C\C=C\[C@@H](O)CCCC(=O)OC[C@H](O)COC(=O)CCCCCCCCC(C)CC. The van der Waals surface area contributed by atoms with Crippen LogP contribution in [0.25, 0.3) is 0 Å². The fourth-order valence-corrected chi connectivity index (χ4v) is 4.22. The van der Waals surface area contributed by atoms with Crippen LogP contribution in [0.1, 0.15) is 136 Å². The van der Waals surface area contributed by atoms with Crippen molar-refractivity contribution in [1.82, 2.24) is 0 Å². The highest BCUT2D eigenvalue weighted by molar-refractivity contribution is 5.69. The summed E-state index contributed by atoms with van der Waals surface area (Å²) in [4.78, 5) is 23.8. The van der Waals surface area contributed by atoms with Gasteiger partial charge in [-0.3, -0.25) is 9.59 Å². The Morgan fingerprint density at radius 1 is 0.667 bits per heavy atom. The van der Waals surface area contributed by atoms with E-state index in [1.165, 1.54) is 51.4 Å². The number of esters is 2. The number of aliphatic hydroxyl groups excluding tert-OH is 2. The maximum Gasteiger partial charge on any atom is 0.305 e. The zero-order chi connectivity index (χ0) is 31.1. The van der Waals surface area contributed by atoms with Gasteiger partial charge in [-0.05, 0) is 50.9 Å². The molecule has 2 N–H and O–H groups in total. The maximum atomic E-state index is 11.9. The Bertz CT molecular complexity index is 754. The van der Waals surface area contributed by atoms with Crippen LogP contribution < -0.4 is 0 Å². The zero-order valence-electron chi connectivity index (χ0n) is 27.0. The first-order chi connectivity index (χ1) is 20.4. The van der Waals surface area contributed by atoms with Gasteiger partial charge in [-0.2, -0.15) is 0 Å². The molecule has 0 spiro atoms. The molecule has 6 heteroatoms. The Labute approximate surface area is 257 Å². The van der Waals surface area contributed by atoms with Crippen LogP contribution in [0.3, 0.4) is 0 Å². The Hall–Kier alpha value is -2.18. The summed E-state index contributed by atoms with van der Waals surface area (Å²) >= 11 is 0. The van der Waals surface area contributed by atoms with E-state index in [0.717, 1.165) is 44.4 Å². The standard InChI is InChI=1S/C36H62O6/c1-4-6-7-8-9-10-11-12-13-14-15-19-22-26-33(37)27-24-29-36(40)42-31-34(38)30-41-35(39)28-23-20-17-16-18-21-25-32(3)5-2/h9-10,12-13,15,19,22,26,32-34,37-38H,4-8,11,14,16-18,20-21,23-25,27-31H2,1-3H3/b10-9-,13-12-,19-15-,26-22+/t32?,33-,34-/m1/s1. The molecule has 0 aromatic carbocycles. The molecular weight excluding hydrogens is 528 g/mol. The Kier molecular flexibility index (Phi) is 28.7. The summed E-state index contributed by atoms with van der Waals surface area (Å²) in [5.41, 5.74) is 0. The van der Waals surface area contributed by atoms with Crippen molar-refractivity contribution in [1.29, 1.82) is 0 Å². The lowest BCUT2D eigenvalue weighted by Gasteiger charge is -2.12. The van der Waals surface area contributed by atoms with E-state index in [1.54, 1.807) is 6.08 Å². The molecule has 0 bridgehead atoms. The monoisotopic (exact) mass is 590 g/mol. The Morgan fingerprint density at radius 3 is 1.93 bits per heavy atom. The fraction of sp³-hybridized carbons (Fsp3) is 0.722. The van der Waals surface area contributed by atoms with Crippen molar-refractivity contribution in [3.05, 3.63) is 48.6 Å². The number of hydrogen-bond donors (Lipinski definition) is 2. The summed E-state index contributed by atoms with van der Waals surface area (Å²) in [6.45, 7) is 6.37. The normalized spacial score (nSPS) is 14.3. The van der Waals surface area contributed by atoms with E-state index in [0.29, 0.717) is 19.3 Å². The molecule has 242 valence electrons. The minimum absolute atomic E-state index is 0.155. The number of rotatable bonds is 28. The van der Waals surface area contributed by atoms with E-state index < -0.39 is 18.2 Å². The van der Waals surface area contributed by atoms with E-state index >= 15 is 0 Å². The highest BCUT2D eigenvalue weighted by Gasteiger charge is 2.12. The molecule has 0 saturated carbocycles. The van der Waals surface area contributed by atoms with Gasteiger partial charge >= 0.3 is 11.9 Å². The van der Waals surface area contributed by atoms with Gasteiger partial charge in [-0.15, -0.1) is 0 Å². The van der Waals surface area contributed by atoms with Crippen molar-refractivity contribution in [2.75, 3.05) is 13.2 Å². The molecule has 0 radical (unpaired) electrons. The smallest absolute Gasteiger partial charge is 0.305 e. The van der Waals surface area contributed by atoms with E-state index in [-0.39, 0.29) is 25.6 Å². The quantitative estimate of drug-likeness (QED) is 0.0410. The first-order valence-electron chi connectivity index (χ1n) is 16.7. The van der Waals surface area contributed by atoms with Gasteiger partial charge in [0.2, 0.25) is 0 Å². The molecule has 0 fully saturated rings. The van der Waals surface area contributed by atoms with Gasteiger partial charge in [0.05, 0.1) is 6.10 Å². The minimum Gasteiger partial charge on any atom is -0.463 e. The molecule has 0 rings (SSSR count). The number of unbranched alkanes of at least 4 members (excludes halogenated alkanes) is 8. The van der Waals surface area contributed by atoms with Gasteiger partial charge in [0.1, 0.15) is 19.3 Å². The molecule has 0 saturated heterocycles. The van der Waals surface area contributed by atoms with Gasteiger partial charge < -0.3 is 19.7 Å². The van der Waals surface area contributed by atoms with Crippen LogP contribution in [0.2, 0.25) is 0 Å². The molecule has 0 aromatic rings. The van der Waals surface area contributed by atoms with E-state index in [1.807, 2.05) is 18.2 Å². The maximum absolute atomic E-state index is 11.9. The minimum atomic E-state index is -1.04. The third-order valence-corrected chi connectivity index (χ3v) is 7.21. The molecule has 0 heterocycles. The lowest BCUT2D eigenvalue weighted by atomic mass is 10.00. The van der Waals surface area contributed by atoms with Crippen molar-refractivity contribution >= 4 is 11.9 Å². The lowest BCUT2D eigenvalue weighted by molar-refractivity contribution is -0.152. The van der Waals surface area contributed by atoms with Gasteiger partial charge in [0.15, 0.2) is 0 Å². The molecule has 0 aliphatic rings. The third kappa shape index (κ3) is 29.3. The fourth-order valence-electron chi connectivity index (χ4n) is 4.22. The number of aliphatic hydroxyl groups is 2. The molecule has 0 aliphatic carbocycles. The predicted octanol–water partition coefficient (Wildman–Crippen LogP) is 8.72. The van der Waals surface area contributed by atoms with Crippen LogP contribution in [0.4, 0.5) is 0 Å². The molecule has 0 aliphatic heterocycles. The third-order valence-electron chi connectivity index (χ3n) is 7.21. The first kappa shape index (κ1) is 39.8. The topological polar surface area (TPSA) is 93.1 Å². The van der Waals surface area contributed by atoms with Crippen LogP contribution in [0, 0.1) is 5.92 Å². The average Bonchev–Trinajstić information content (AvgIpc) is 2.98. The van der Waals surface area contributed by atoms with E-state index in [9.17, 15) is 19.8 Å². The largest absolute Gasteiger partial charge is 0.463 e. The number of carbonyl (C=O) groups is 2. The average molecular weight is 591 g/mol. The van der Waals surface area contributed by atoms with Crippen LogP contribution in [-0.2, 0) is 19.1 Å². The van der Waals surface area contributed by atoms with Crippen molar-refractivity contribution in [3.63, 3.8) is 0 Å². The molecule has 0 aromatic heterocycles. The molecule has 3 atom stereocenters. The van der Waals surface area contributed by atoms with Gasteiger partial charge in [-0.1, -0.05) is 127 Å². The highest BCUT2D eigenvalue weighted by atomic mass is 16.6. The second kappa shape index (κ2) is 30.3. The number of hydrogen-bond acceptors (Lipinski definition) is 6. The van der Waals surface area contributed by atoms with E-state index in [4.69, 9.17) is 9.47 Å². The molecule has 6 nitrogen and oxygen atoms in total. The number of allylic oxidation sites excluding steroid dienone is 7. The lowest BCUT2D eigenvalue weighted by Crippen LogP contribution is -2.25. The summed E-state index contributed by atoms with van der Waals surface area (Å²) in [5, 5.41) is 20.0. The van der Waals surface area contributed by atoms with Crippen molar-refractivity contribution in [2.45, 2.75) is 149 Å². The number of carbonyl (C=O) groups excluding carboxylic acids is 2. The first-order valence-corrected chi connectivity index (χ1v) is 16.7. The van der Waals surface area contributed by atoms with Crippen LogP contribution >= 0.6 is 0 Å².